The van der Waals surface area contributed by atoms with Gasteiger partial charge in [-0.2, -0.15) is 0 Å². The van der Waals surface area contributed by atoms with Crippen LogP contribution in [0.25, 0.3) is 0 Å². The van der Waals surface area contributed by atoms with Gasteiger partial charge in [-0.3, -0.25) is 0 Å². The molecule has 0 aromatic heterocycles. The highest BCUT2D eigenvalue weighted by molar-refractivity contribution is 7.80. The third-order valence-electron chi connectivity index (χ3n) is 9.47. The molecule has 4 aromatic carbocycles. The third kappa shape index (κ3) is 5.60. The SMILES string of the molecule is CC1CC(C)(C)CC(c2ccc3c(c2)CN(c2cccc(S)c2)CO3)(c2ccc3c(c2)CN(c2cccc(S)c2)CO3)C1. The summed E-state index contributed by atoms with van der Waals surface area (Å²) < 4.78 is 12.6. The molecule has 1 aliphatic carbocycles. The Bertz CT molecular complexity index is 1560. The van der Waals surface area contributed by atoms with Gasteiger partial charge in [-0.15, -0.1) is 25.3 Å². The van der Waals surface area contributed by atoms with Crippen LogP contribution in [0.2, 0.25) is 0 Å². The highest BCUT2D eigenvalue weighted by atomic mass is 32.1. The molecule has 0 N–H and O–H groups in total. The first kappa shape index (κ1) is 28.5. The molecule has 1 atom stereocenters. The van der Waals surface area contributed by atoms with Crippen LogP contribution in [0, 0.1) is 11.3 Å². The van der Waals surface area contributed by atoms with E-state index in [-0.39, 0.29) is 10.8 Å². The monoisotopic (exact) mass is 608 g/mol. The maximum absolute atomic E-state index is 6.28. The molecule has 1 fully saturated rings. The predicted octanol–water partition coefficient (Wildman–Crippen LogP) is 9.11. The fraction of sp³-hybridized carbons (Fsp3) is 0.351. The molecule has 6 heteroatoms. The Morgan fingerprint density at radius 3 is 1.65 bits per heavy atom. The molecule has 0 amide bonds. The topological polar surface area (TPSA) is 24.9 Å². The summed E-state index contributed by atoms with van der Waals surface area (Å²) in [5.74, 6) is 2.58. The normalized spacial score (nSPS) is 20.4. The zero-order valence-corrected chi connectivity index (χ0v) is 27.0. The Kier molecular flexibility index (Phi) is 7.33. The van der Waals surface area contributed by atoms with Crippen molar-refractivity contribution in [3.05, 3.63) is 107 Å². The van der Waals surface area contributed by atoms with Crippen LogP contribution in [0.4, 0.5) is 11.4 Å². The molecule has 0 saturated heterocycles. The van der Waals surface area contributed by atoms with Gasteiger partial charge in [0.25, 0.3) is 0 Å². The van der Waals surface area contributed by atoms with Crippen molar-refractivity contribution in [1.82, 2.24) is 0 Å². The molecule has 2 aliphatic heterocycles. The minimum atomic E-state index is -0.105. The van der Waals surface area contributed by atoms with Crippen LogP contribution in [-0.2, 0) is 18.5 Å². The lowest BCUT2D eigenvalue weighted by atomic mass is 9.55. The number of hydrogen-bond acceptors (Lipinski definition) is 6. The van der Waals surface area contributed by atoms with E-state index < -0.39 is 0 Å². The van der Waals surface area contributed by atoms with E-state index in [1.54, 1.807) is 0 Å². The Morgan fingerprint density at radius 2 is 1.19 bits per heavy atom. The Hall–Kier alpha value is -3.22. The summed E-state index contributed by atoms with van der Waals surface area (Å²) in [6.45, 7) is 10.0. The van der Waals surface area contributed by atoms with Crippen LogP contribution in [-0.4, -0.2) is 13.5 Å². The molecule has 4 aromatic rings. The average Bonchev–Trinajstić information content (AvgIpc) is 2.99. The van der Waals surface area contributed by atoms with Gasteiger partial charge in [0.2, 0.25) is 0 Å². The lowest BCUT2D eigenvalue weighted by Gasteiger charge is -2.49. The zero-order valence-electron chi connectivity index (χ0n) is 25.2. The minimum Gasteiger partial charge on any atom is -0.473 e. The second-order valence-corrected chi connectivity index (χ2v) is 14.6. The second-order valence-electron chi connectivity index (χ2n) is 13.6. The molecule has 7 rings (SSSR count). The molecular formula is C37H40N2O2S2. The van der Waals surface area contributed by atoms with E-state index in [9.17, 15) is 0 Å². The van der Waals surface area contributed by atoms with Gasteiger partial charge in [0.15, 0.2) is 13.5 Å². The fourth-order valence-electron chi connectivity index (χ4n) is 7.97. The van der Waals surface area contributed by atoms with Gasteiger partial charge >= 0.3 is 0 Å². The van der Waals surface area contributed by atoms with E-state index in [0.717, 1.165) is 58.6 Å². The van der Waals surface area contributed by atoms with Gasteiger partial charge in [-0.05, 0) is 102 Å². The Labute approximate surface area is 266 Å². The van der Waals surface area contributed by atoms with Crippen LogP contribution in [0.1, 0.15) is 62.3 Å². The number of anilines is 2. The largest absolute Gasteiger partial charge is 0.473 e. The standard InChI is InChI=1S/C37H40N2O2S2/c1-25-18-36(2,3)22-37(19-25,28-10-12-34-26(14-28)20-38(23-40-34)30-6-4-8-32(42)16-30)29-11-13-35-27(15-29)21-39(24-41-35)31-7-5-9-33(43)17-31/h4-17,25,42-43H,18-24H2,1-3H3. The lowest BCUT2D eigenvalue weighted by molar-refractivity contribution is 0.126. The molecular weight excluding hydrogens is 569 g/mol. The average molecular weight is 609 g/mol. The van der Waals surface area contributed by atoms with Crippen LogP contribution in [0.5, 0.6) is 11.5 Å². The number of benzene rings is 4. The molecule has 1 unspecified atom stereocenters. The third-order valence-corrected chi connectivity index (χ3v) is 10.0. The maximum Gasteiger partial charge on any atom is 0.161 e. The van der Waals surface area contributed by atoms with E-state index in [1.165, 1.54) is 28.7 Å². The molecule has 0 radical (unpaired) electrons. The number of ether oxygens (including phenoxy) is 2. The smallest absolute Gasteiger partial charge is 0.161 e. The molecule has 3 aliphatic rings. The van der Waals surface area contributed by atoms with Gasteiger partial charge in [0.05, 0.1) is 0 Å². The summed E-state index contributed by atoms with van der Waals surface area (Å²) in [5, 5.41) is 0. The van der Waals surface area contributed by atoms with Gasteiger partial charge < -0.3 is 19.3 Å². The van der Waals surface area contributed by atoms with Gasteiger partial charge in [0.1, 0.15) is 11.5 Å². The summed E-state index contributed by atoms with van der Waals surface area (Å²) in [5.41, 5.74) is 7.62. The summed E-state index contributed by atoms with van der Waals surface area (Å²) in [4.78, 5) is 6.50. The molecule has 2 heterocycles. The van der Waals surface area contributed by atoms with Gasteiger partial charge in [0, 0.05) is 50.8 Å². The second kappa shape index (κ2) is 11.0. The number of rotatable bonds is 4. The van der Waals surface area contributed by atoms with Crippen LogP contribution in [0.15, 0.2) is 94.7 Å². The van der Waals surface area contributed by atoms with Crippen molar-refractivity contribution in [2.75, 3.05) is 23.3 Å². The zero-order chi connectivity index (χ0) is 29.8. The van der Waals surface area contributed by atoms with E-state index in [0.29, 0.717) is 19.4 Å². The highest BCUT2D eigenvalue weighted by Gasteiger charge is 2.46. The summed E-state index contributed by atoms with van der Waals surface area (Å²) in [6.07, 6.45) is 3.45. The van der Waals surface area contributed by atoms with Crippen molar-refractivity contribution in [2.24, 2.45) is 11.3 Å². The van der Waals surface area contributed by atoms with E-state index in [2.05, 4.69) is 129 Å². The lowest BCUT2D eigenvalue weighted by Crippen LogP contribution is -2.41. The highest BCUT2D eigenvalue weighted by Crippen LogP contribution is 2.54. The van der Waals surface area contributed by atoms with Crippen molar-refractivity contribution < 1.29 is 9.47 Å². The van der Waals surface area contributed by atoms with Crippen molar-refractivity contribution in [3.63, 3.8) is 0 Å². The molecule has 0 bridgehead atoms. The minimum absolute atomic E-state index is 0.105. The van der Waals surface area contributed by atoms with Gasteiger partial charge in [-0.25, -0.2) is 0 Å². The van der Waals surface area contributed by atoms with E-state index in [1.807, 2.05) is 12.1 Å². The van der Waals surface area contributed by atoms with Crippen molar-refractivity contribution in [3.8, 4) is 11.5 Å². The molecule has 1 saturated carbocycles. The number of thiol groups is 2. The van der Waals surface area contributed by atoms with Crippen molar-refractivity contribution in [2.45, 2.75) is 68.3 Å². The fourth-order valence-corrected chi connectivity index (χ4v) is 8.41. The number of fused-ring (bicyclic) bond motifs is 2. The Morgan fingerprint density at radius 1 is 0.674 bits per heavy atom. The first-order chi connectivity index (χ1) is 20.7. The van der Waals surface area contributed by atoms with Crippen molar-refractivity contribution in [1.29, 1.82) is 0 Å². The van der Waals surface area contributed by atoms with E-state index in [4.69, 9.17) is 9.47 Å². The molecule has 0 spiro atoms. The first-order valence-corrected chi connectivity index (χ1v) is 16.2. The summed E-state index contributed by atoms with van der Waals surface area (Å²) in [6, 6.07) is 30.6. The molecule has 4 nitrogen and oxygen atoms in total. The van der Waals surface area contributed by atoms with Crippen LogP contribution < -0.4 is 19.3 Å². The maximum atomic E-state index is 6.28. The first-order valence-electron chi connectivity index (χ1n) is 15.3. The van der Waals surface area contributed by atoms with Crippen LogP contribution >= 0.6 is 25.3 Å². The van der Waals surface area contributed by atoms with Crippen molar-refractivity contribution >= 4 is 36.6 Å². The summed E-state index contributed by atoms with van der Waals surface area (Å²) >= 11 is 9.15. The number of hydrogen-bond donors (Lipinski definition) is 2. The number of nitrogens with zero attached hydrogens (tertiary/aromatic N) is 2. The van der Waals surface area contributed by atoms with Gasteiger partial charge in [-0.1, -0.05) is 45.0 Å². The molecule has 222 valence electrons. The van der Waals surface area contributed by atoms with Crippen LogP contribution in [0.3, 0.4) is 0 Å². The predicted molar refractivity (Wildman–Crippen MR) is 181 cm³/mol. The summed E-state index contributed by atoms with van der Waals surface area (Å²) in [7, 11) is 0. The van der Waals surface area contributed by atoms with E-state index >= 15 is 0 Å². The Balaban J connectivity index is 1.28. The quantitative estimate of drug-likeness (QED) is 0.226. The molecule has 43 heavy (non-hydrogen) atoms.